The molecule has 0 saturated heterocycles. The first kappa shape index (κ1) is 12.7. The van der Waals surface area contributed by atoms with Crippen molar-refractivity contribution >= 4 is 0 Å². The Morgan fingerprint density at radius 2 is 1.85 bits per heavy atom. The zero-order valence-electron chi connectivity index (χ0n) is 9.69. The van der Waals surface area contributed by atoms with Crippen molar-refractivity contribution in [3.05, 3.63) is 11.6 Å². The van der Waals surface area contributed by atoms with E-state index in [-0.39, 0.29) is 0 Å². The highest BCUT2D eigenvalue weighted by atomic mass is 14.8. The maximum absolute atomic E-state index is 3.33. The standard InChI is InChI=1S/C12H25N/c1-5-12(6-2)11(4)9-8-10-13-7-3/h9,12-13H,5-8,10H2,1-4H3. The molecule has 0 aromatic rings. The normalized spacial score (nSPS) is 12.5. The molecule has 13 heavy (non-hydrogen) atoms. The van der Waals surface area contributed by atoms with Gasteiger partial charge in [-0.25, -0.2) is 0 Å². The van der Waals surface area contributed by atoms with Crippen molar-refractivity contribution in [2.75, 3.05) is 13.1 Å². The van der Waals surface area contributed by atoms with Crippen LogP contribution in [0.15, 0.2) is 11.6 Å². The average Bonchev–Trinajstić information content (AvgIpc) is 2.14. The minimum Gasteiger partial charge on any atom is -0.317 e. The fourth-order valence-corrected chi connectivity index (χ4v) is 1.68. The zero-order chi connectivity index (χ0) is 10.1. The van der Waals surface area contributed by atoms with Gasteiger partial charge in [0.15, 0.2) is 0 Å². The van der Waals surface area contributed by atoms with E-state index in [1.165, 1.54) is 19.3 Å². The Balaban J connectivity index is 3.71. The van der Waals surface area contributed by atoms with Crippen LogP contribution in [-0.2, 0) is 0 Å². The third kappa shape index (κ3) is 5.87. The molecule has 0 unspecified atom stereocenters. The molecular formula is C12H25N. The van der Waals surface area contributed by atoms with Crippen LogP contribution < -0.4 is 5.32 Å². The quantitative estimate of drug-likeness (QED) is 0.471. The van der Waals surface area contributed by atoms with E-state index in [2.05, 4.69) is 39.1 Å². The zero-order valence-corrected chi connectivity index (χ0v) is 9.69. The van der Waals surface area contributed by atoms with E-state index in [0.29, 0.717) is 0 Å². The van der Waals surface area contributed by atoms with Gasteiger partial charge in [-0.05, 0) is 45.2 Å². The lowest BCUT2D eigenvalue weighted by molar-refractivity contribution is 0.568. The van der Waals surface area contributed by atoms with Crippen LogP contribution in [0.4, 0.5) is 0 Å². The highest BCUT2D eigenvalue weighted by molar-refractivity contribution is 5.02. The number of nitrogens with one attached hydrogen (secondary N) is 1. The van der Waals surface area contributed by atoms with E-state index >= 15 is 0 Å². The van der Waals surface area contributed by atoms with Gasteiger partial charge < -0.3 is 5.32 Å². The van der Waals surface area contributed by atoms with Crippen LogP contribution >= 0.6 is 0 Å². The second kappa shape index (κ2) is 8.31. The molecule has 0 fully saturated rings. The molecule has 0 aliphatic carbocycles. The maximum atomic E-state index is 3.33. The van der Waals surface area contributed by atoms with Gasteiger partial charge in [-0.15, -0.1) is 0 Å². The molecular weight excluding hydrogens is 158 g/mol. The Labute approximate surface area is 83.6 Å². The van der Waals surface area contributed by atoms with Gasteiger partial charge in [0.1, 0.15) is 0 Å². The first-order valence-corrected chi connectivity index (χ1v) is 5.63. The van der Waals surface area contributed by atoms with Crippen molar-refractivity contribution in [2.24, 2.45) is 5.92 Å². The lowest BCUT2D eigenvalue weighted by atomic mass is 9.94. The van der Waals surface area contributed by atoms with Crippen molar-refractivity contribution in [3.63, 3.8) is 0 Å². The molecule has 0 bridgehead atoms. The van der Waals surface area contributed by atoms with Crippen LogP contribution in [0.5, 0.6) is 0 Å². The molecule has 0 aliphatic heterocycles. The SMILES string of the molecule is CCNCCC=C(C)C(CC)CC. The number of allylic oxidation sites excluding steroid dienone is 1. The Hall–Kier alpha value is -0.300. The number of hydrogen-bond donors (Lipinski definition) is 1. The van der Waals surface area contributed by atoms with E-state index in [9.17, 15) is 0 Å². The van der Waals surface area contributed by atoms with Gasteiger partial charge in [-0.2, -0.15) is 0 Å². The molecule has 0 aromatic carbocycles. The fraction of sp³-hybridized carbons (Fsp3) is 0.833. The largest absolute Gasteiger partial charge is 0.317 e. The summed E-state index contributed by atoms with van der Waals surface area (Å²) >= 11 is 0. The summed E-state index contributed by atoms with van der Waals surface area (Å²) in [6.07, 6.45) is 6.12. The van der Waals surface area contributed by atoms with Crippen molar-refractivity contribution in [2.45, 2.75) is 47.0 Å². The van der Waals surface area contributed by atoms with E-state index < -0.39 is 0 Å². The minimum atomic E-state index is 0.807. The van der Waals surface area contributed by atoms with Crippen LogP contribution in [0.2, 0.25) is 0 Å². The highest BCUT2D eigenvalue weighted by Crippen LogP contribution is 2.18. The second-order valence-electron chi connectivity index (χ2n) is 3.60. The molecule has 0 aromatic heterocycles. The molecule has 0 aliphatic rings. The topological polar surface area (TPSA) is 12.0 Å². The Morgan fingerprint density at radius 3 is 2.31 bits per heavy atom. The van der Waals surface area contributed by atoms with Gasteiger partial charge in [-0.3, -0.25) is 0 Å². The van der Waals surface area contributed by atoms with Gasteiger partial charge >= 0.3 is 0 Å². The molecule has 78 valence electrons. The Morgan fingerprint density at radius 1 is 1.23 bits per heavy atom. The van der Waals surface area contributed by atoms with Gasteiger partial charge in [0, 0.05) is 0 Å². The predicted octanol–water partition coefficient (Wildman–Crippen LogP) is 3.37. The maximum Gasteiger partial charge on any atom is -0.00143 e. The molecule has 0 radical (unpaired) electrons. The van der Waals surface area contributed by atoms with Crippen LogP contribution in [0, 0.1) is 5.92 Å². The van der Waals surface area contributed by atoms with E-state index in [0.717, 1.165) is 19.0 Å². The van der Waals surface area contributed by atoms with E-state index in [4.69, 9.17) is 0 Å². The van der Waals surface area contributed by atoms with Gasteiger partial charge in [-0.1, -0.05) is 32.4 Å². The molecule has 0 atom stereocenters. The average molecular weight is 183 g/mol. The molecule has 0 heterocycles. The van der Waals surface area contributed by atoms with Crippen molar-refractivity contribution in [1.29, 1.82) is 0 Å². The van der Waals surface area contributed by atoms with Crippen LogP contribution in [0.25, 0.3) is 0 Å². The Kier molecular flexibility index (Phi) is 8.11. The summed E-state index contributed by atoms with van der Waals surface area (Å²) < 4.78 is 0. The molecule has 0 spiro atoms. The summed E-state index contributed by atoms with van der Waals surface area (Å²) in [5.41, 5.74) is 1.57. The van der Waals surface area contributed by atoms with Crippen LogP contribution in [0.1, 0.15) is 47.0 Å². The predicted molar refractivity (Wildman–Crippen MR) is 61.0 cm³/mol. The third-order valence-electron chi connectivity index (χ3n) is 2.67. The van der Waals surface area contributed by atoms with Gasteiger partial charge in [0.2, 0.25) is 0 Å². The van der Waals surface area contributed by atoms with Crippen molar-refractivity contribution in [1.82, 2.24) is 5.32 Å². The molecule has 0 rings (SSSR count). The summed E-state index contributed by atoms with van der Waals surface area (Å²) in [6.45, 7) is 11.2. The summed E-state index contributed by atoms with van der Waals surface area (Å²) in [4.78, 5) is 0. The third-order valence-corrected chi connectivity index (χ3v) is 2.67. The van der Waals surface area contributed by atoms with Crippen LogP contribution in [0.3, 0.4) is 0 Å². The first-order chi connectivity index (χ1) is 6.26. The van der Waals surface area contributed by atoms with Crippen molar-refractivity contribution in [3.8, 4) is 0 Å². The highest BCUT2D eigenvalue weighted by Gasteiger charge is 2.03. The van der Waals surface area contributed by atoms with Crippen molar-refractivity contribution < 1.29 is 0 Å². The smallest absolute Gasteiger partial charge is 0.00143 e. The summed E-state index contributed by atoms with van der Waals surface area (Å²) in [5.74, 6) is 0.807. The monoisotopic (exact) mass is 183 g/mol. The second-order valence-corrected chi connectivity index (χ2v) is 3.60. The lowest BCUT2D eigenvalue weighted by Gasteiger charge is -2.12. The fourth-order valence-electron chi connectivity index (χ4n) is 1.68. The summed E-state index contributed by atoms with van der Waals surface area (Å²) in [6, 6.07) is 0. The molecule has 1 N–H and O–H groups in total. The van der Waals surface area contributed by atoms with E-state index in [1.807, 2.05) is 0 Å². The van der Waals surface area contributed by atoms with Crippen LogP contribution in [-0.4, -0.2) is 13.1 Å². The molecule has 0 amide bonds. The molecule has 1 heteroatoms. The molecule has 1 nitrogen and oxygen atoms in total. The van der Waals surface area contributed by atoms with E-state index in [1.54, 1.807) is 5.57 Å². The van der Waals surface area contributed by atoms with Gasteiger partial charge in [0.05, 0.1) is 0 Å². The number of hydrogen-bond acceptors (Lipinski definition) is 1. The number of rotatable bonds is 7. The summed E-state index contributed by atoms with van der Waals surface area (Å²) in [7, 11) is 0. The lowest BCUT2D eigenvalue weighted by Crippen LogP contribution is -2.13. The first-order valence-electron chi connectivity index (χ1n) is 5.63. The Bertz CT molecular complexity index is 134. The summed E-state index contributed by atoms with van der Waals surface area (Å²) in [5, 5.41) is 3.33. The minimum absolute atomic E-state index is 0.807. The molecule has 0 saturated carbocycles. The van der Waals surface area contributed by atoms with Gasteiger partial charge in [0.25, 0.3) is 0 Å².